The van der Waals surface area contributed by atoms with Crippen LogP contribution in [0.2, 0.25) is 0 Å². The molecule has 41 heavy (non-hydrogen) atoms. The number of hydrogen-bond donors (Lipinski definition) is 0. The molecule has 214 valence electrons. The molecule has 2 aliphatic rings. The van der Waals surface area contributed by atoms with Crippen LogP contribution in [-0.4, -0.2) is 70.0 Å². The van der Waals surface area contributed by atoms with Crippen molar-refractivity contribution in [3.05, 3.63) is 77.4 Å². The van der Waals surface area contributed by atoms with Crippen LogP contribution in [0.4, 0.5) is 17.6 Å². The van der Waals surface area contributed by atoms with E-state index in [2.05, 4.69) is 9.97 Å². The normalized spacial score (nSPS) is 19.0. The van der Waals surface area contributed by atoms with Gasteiger partial charge >= 0.3 is 12.2 Å². The van der Waals surface area contributed by atoms with E-state index < -0.39 is 61.1 Å². The van der Waals surface area contributed by atoms with Crippen LogP contribution in [0.1, 0.15) is 23.6 Å². The highest BCUT2D eigenvalue weighted by molar-refractivity contribution is 6.15. The largest absolute Gasteiger partial charge is 0.467 e. The van der Waals surface area contributed by atoms with Gasteiger partial charge in [-0.3, -0.25) is 14.4 Å². The Morgan fingerprint density at radius 1 is 1.12 bits per heavy atom. The second kappa shape index (κ2) is 10.5. The maximum absolute atomic E-state index is 13.6. The highest BCUT2D eigenvalue weighted by atomic mass is 19.4. The van der Waals surface area contributed by atoms with E-state index >= 15 is 0 Å². The highest BCUT2D eigenvalue weighted by Gasteiger charge is 2.59. The van der Waals surface area contributed by atoms with Crippen molar-refractivity contribution in [3.63, 3.8) is 0 Å². The third kappa shape index (κ3) is 5.12. The fourth-order valence-electron chi connectivity index (χ4n) is 4.97. The fourth-order valence-corrected chi connectivity index (χ4v) is 4.97. The number of methoxy groups -OCH3 is 1. The van der Waals surface area contributed by atoms with Crippen LogP contribution in [0.5, 0.6) is 6.01 Å². The summed E-state index contributed by atoms with van der Waals surface area (Å²) in [7, 11) is 1.44. The van der Waals surface area contributed by atoms with E-state index in [1.807, 2.05) is 0 Å². The molecule has 1 saturated heterocycles. The first-order chi connectivity index (χ1) is 19.4. The number of halogens is 4. The number of carbonyl (C=O) groups is 3. The standard InChI is InChI=1S/C28H24F4N4O5/c1-16(28(30,31)32)36(13-17-3-6-21(29)7-4-17)24(38)14-35-15-41-27(25(35)39)22-8-5-18(9-19(22)10-23(27)37)20-11-33-26(40-2)34-12-20/h3-9,11-12,16H,10,13-15H2,1-2H3/t16-,27+/m0/s1. The van der Waals surface area contributed by atoms with Crippen molar-refractivity contribution < 1.29 is 41.4 Å². The van der Waals surface area contributed by atoms with Gasteiger partial charge in [0.05, 0.1) is 7.11 Å². The summed E-state index contributed by atoms with van der Waals surface area (Å²) in [4.78, 5) is 49.6. The average Bonchev–Trinajstić information content (AvgIpc) is 3.43. The molecule has 1 aromatic heterocycles. The quantitative estimate of drug-likeness (QED) is 0.316. The Bertz CT molecular complexity index is 1500. The van der Waals surface area contributed by atoms with Crippen LogP contribution in [0.25, 0.3) is 11.1 Å². The molecule has 13 heteroatoms. The predicted molar refractivity (Wildman–Crippen MR) is 135 cm³/mol. The van der Waals surface area contributed by atoms with E-state index in [-0.39, 0.29) is 18.0 Å². The molecule has 0 saturated carbocycles. The molecule has 2 aromatic carbocycles. The summed E-state index contributed by atoms with van der Waals surface area (Å²) in [6, 6.07) is 7.66. The number of benzene rings is 2. The monoisotopic (exact) mass is 572 g/mol. The summed E-state index contributed by atoms with van der Waals surface area (Å²) in [5.41, 5.74) is 0.469. The molecule has 2 heterocycles. The van der Waals surface area contributed by atoms with Gasteiger partial charge < -0.3 is 19.3 Å². The highest BCUT2D eigenvalue weighted by Crippen LogP contribution is 2.43. The second-order valence-electron chi connectivity index (χ2n) is 9.75. The van der Waals surface area contributed by atoms with Gasteiger partial charge in [-0.05, 0) is 35.7 Å². The van der Waals surface area contributed by atoms with Crippen molar-refractivity contribution in [1.82, 2.24) is 19.8 Å². The predicted octanol–water partition coefficient (Wildman–Crippen LogP) is 3.41. The third-order valence-corrected chi connectivity index (χ3v) is 7.25. The lowest BCUT2D eigenvalue weighted by Gasteiger charge is -2.32. The topological polar surface area (TPSA) is 102 Å². The van der Waals surface area contributed by atoms with Crippen LogP contribution in [-0.2, 0) is 37.7 Å². The summed E-state index contributed by atoms with van der Waals surface area (Å²) >= 11 is 0. The molecule has 1 aliphatic heterocycles. The molecular formula is C28H24F4N4O5. The van der Waals surface area contributed by atoms with Crippen molar-refractivity contribution in [2.24, 2.45) is 0 Å². The number of amides is 2. The van der Waals surface area contributed by atoms with E-state index in [9.17, 15) is 31.9 Å². The Labute approximate surface area is 231 Å². The van der Waals surface area contributed by atoms with Crippen molar-refractivity contribution in [3.8, 4) is 17.1 Å². The zero-order valence-electron chi connectivity index (χ0n) is 21.9. The zero-order valence-corrected chi connectivity index (χ0v) is 21.9. The maximum atomic E-state index is 13.6. The van der Waals surface area contributed by atoms with Gasteiger partial charge in [0.1, 0.15) is 25.1 Å². The molecule has 0 bridgehead atoms. The number of carbonyl (C=O) groups excluding carboxylic acids is 3. The molecule has 2 amide bonds. The number of alkyl halides is 3. The maximum Gasteiger partial charge on any atom is 0.408 e. The van der Waals surface area contributed by atoms with Gasteiger partial charge in [0.15, 0.2) is 5.78 Å². The van der Waals surface area contributed by atoms with Crippen LogP contribution in [0.3, 0.4) is 0 Å². The lowest BCUT2D eigenvalue weighted by atomic mass is 9.92. The minimum atomic E-state index is -4.75. The Balaban J connectivity index is 1.37. The number of ether oxygens (including phenoxy) is 2. The third-order valence-electron chi connectivity index (χ3n) is 7.25. The number of hydrogen-bond acceptors (Lipinski definition) is 7. The Hall–Kier alpha value is -4.39. The summed E-state index contributed by atoms with van der Waals surface area (Å²) < 4.78 is 64.9. The van der Waals surface area contributed by atoms with Crippen molar-refractivity contribution >= 4 is 17.6 Å². The smallest absolute Gasteiger partial charge is 0.408 e. The molecule has 2 atom stereocenters. The van der Waals surface area contributed by atoms with E-state index in [1.54, 1.807) is 30.6 Å². The molecule has 0 unspecified atom stereocenters. The zero-order chi connectivity index (χ0) is 29.5. The summed E-state index contributed by atoms with van der Waals surface area (Å²) in [5.74, 6) is -2.95. The minimum Gasteiger partial charge on any atom is -0.467 e. The summed E-state index contributed by atoms with van der Waals surface area (Å²) in [5, 5.41) is 0. The van der Waals surface area contributed by atoms with Crippen LogP contribution in [0.15, 0.2) is 54.9 Å². The van der Waals surface area contributed by atoms with Crippen molar-refractivity contribution in [2.75, 3.05) is 20.4 Å². The first-order valence-corrected chi connectivity index (χ1v) is 12.5. The van der Waals surface area contributed by atoms with Gasteiger partial charge in [0, 0.05) is 36.5 Å². The van der Waals surface area contributed by atoms with Crippen LogP contribution >= 0.6 is 0 Å². The molecule has 9 nitrogen and oxygen atoms in total. The van der Waals surface area contributed by atoms with E-state index in [0.29, 0.717) is 27.2 Å². The van der Waals surface area contributed by atoms with Crippen molar-refractivity contribution in [1.29, 1.82) is 0 Å². The van der Waals surface area contributed by atoms with Gasteiger partial charge in [-0.25, -0.2) is 14.4 Å². The number of ketones is 1. The fraction of sp³-hybridized carbons (Fsp3) is 0.321. The number of fused-ring (bicyclic) bond motifs is 2. The molecule has 3 aromatic rings. The van der Waals surface area contributed by atoms with E-state index in [1.165, 1.54) is 19.2 Å². The Morgan fingerprint density at radius 2 is 1.80 bits per heavy atom. The summed E-state index contributed by atoms with van der Waals surface area (Å²) in [6.07, 6.45) is -1.78. The first kappa shape index (κ1) is 28.1. The van der Waals surface area contributed by atoms with Crippen molar-refractivity contribution in [2.45, 2.75) is 37.7 Å². The van der Waals surface area contributed by atoms with Gasteiger partial charge in [0.25, 0.3) is 5.91 Å². The van der Waals surface area contributed by atoms with Gasteiger partial charge in [-0.15, -0.1) is 0 Å². The SMILES string of the molecule is COc1ncc(-c2ccc3c(c2)CC(=O)[C@]32OCN(CC(=O)N(Cc3ccc(F)cc3)[C@@H](C)C(F)(F)F)C2=O)cn1. The molecular weight excluding hydrogens is 548 g/mol. The molecule has 1 fully saturated rings. The van der Waals surface area contributed by atoms with Gasteiger partial charge in [-0.2, -0.15) is 13.2 Å². The average molecular weight is 573 g/mol. The van der Waals surface area contributed by atoms with Crippen LogP contribution < -0.4 is 4.74 Å². The number of nitrogens with zero attached hydrogens (tertiary/aromatic N) is 4. The molecule has 1 spiro atoms. The Kier molecular flexibility index (Phi) is 7.24. The van der Waals surface area contributed by atoms with Crippen LogP contribution in [0, 0.1) is 5.82 Å². The first-order valence-electron chi connectivity index (χ1n) is 12.5. The van der Waals surface area contributed by atoms with Gasteiger partial charge in [0.2, 0.25) is 11.5 Å². The number of Topliss-reactive ketones (excluding diaryl/α,β-unsaturated/α-hetero) is 1. The molecule has 1 aliphatic carbocycles. The second-order valence-corrected chi connectivity index (χ2v) is 9.75. The molecule has 0 radical (unpaired) electrons. The lowest BCUT2D eigenvalue weighted by molar-refractivity contribution is -0.187. The molecule has 0 N–H and O–H groups in total. The number of rotatable bonds is 7. The summed E-state index contributed by atoms with van der Waals surface area (Å²) in [6.45, 7) is -0.846. The Morgan fingerprint density at radius 3 is 2.44 bits per heavy atom. The van der Waals surface area contributed by atoms with E-state index in [0.717, 1.165) is 24.0 Å². The van der Waals surface area contributed by atoms with Gasteiger partial charge in [-0.1, -0.05) is 30.3 Å². The molecule has 5 rings (SSSR count). The van der Waals surface area contributed by atoms with E-state index in [4.69, 9.17) is 9.47 Å². The minimum absolute atomic E-state index is 0.116. The number of aromatic nitrogens is 2. The lowest BCUT2D eigenvalue weighted by Crippen LogP contribution is -2.51.